The van der Waals surface area contributed by atoms with Gasteiger partial charge >= 0.3 is 0 Å². The van der Waals surface area contributed by atoms with Crippen LogP contribution in [0.4, 0.5) is 5.69 Å². The molecule has 2 aromatic rings. The van der Waals surface area contributed by atoms with Gasteiger partial charge in [0.05, 0.1) is 4.90 Å². The third-order valence-corrected chi connectivity index (χ3v) is 7.37. The highest BCUT2D eigenvalue weighted by atomic mass is 32.2. The zero-order valence-corrected chi connectivity index (χ0v) is 17.6. The van der Waals surface area contributed by atoms with Crippen molar-refractivity contribution in [1.29, 1.82) is 0 Å². The lowest BCUT2D eigenvalue weighted by Crippen LogP contribution is -2.22. The Morgan fingerprint density at radius 2 is 1.68 bits per heavy atom. The lowest BCUT2D eigenvalue weighted by molar-refractivity contribution is 0.320. The van der Waals surface area contributed by atoms with Crippen molar-refractivity contribution in [3.63, 3.8) is 0 Å². The van der Waals surface area contributed by atoms with Gasteiger partial charge in [0.1, 0.15) is 0 Å². The van der Waals surface area contributed by atoms with Gasteiger partial charge < -0.3 is 4.90 Å². The first-order valence-electron chi connectivity index (χ1n) is 10.4. The van der Waals surface area contributed by atoms with Gasteiger partial charge in [0.15, 0.2) is 0 Å². The lowest BCUT2D eigenvalue weighted by atomic mass is 9.98. The van der Waals surface area contributed by atoms with Crippen LogP contribution in [-0.4, -0.2) is 33.0 Å². The number of nitrogens with one attached hydrogen (secondary N) is 1. The third-order valence-electron chi connectivity index (χ3n) is 5.98. The Morgan fingerprint density at radius 1 is 1.00 bits per heavy atom. The van der Waals surface area contributed by atoms with Crippen molar-refractivity contribution in [2.24, 2.45) is 5.92 Å². The zero-order valence-electron chi connectivity index (χ0n) is 16.8. The van der Waals surface area contributed by atoms with Gasteiger partial charge in [-0.1, -0.05) is 38.1 Å². The molecule has 2 fully saturated rings. The van der Waals surface area contributed by atoms with E-state index in [0.717, 1.165) is 18.0 Å². The maximum absolute atomic E-state index is 12.7. The van der Waals surface area contributed by atoms with Gasteiger partial charge in [-0.25, -0.2) is 8.42 Å². The molecule has 2 aromatic carbocycles. The molecule has 0 amide bonds. The molecular weight excluding hydrogens is 368 g/mol. The third kappa shape index (κ3) is 4.58. The smallest absolute Gasteiger partial charge is 0.261 e. The Bertz CT molecular complexity index is 901. The largest absolute Gasteiger partial charge is 0.302 e. The molecule has 0 radical (unpaired) electrons. The van der Waals surface area contributed by atoms with E-state index in [-0.39, 0.29) is 0 Å². The maximum atomic E-state index is 12.7. The minimum Gasteiger partial charge on any atom is -0.302 e. The fourth-order valence-electron chi connectivity index (χ4n) is 4.01. The van der Waals surface area contributed by atoms with E-state index >= 15 is 0 Å². The highest BCUT2D eigenvalue weighted by Gasteiger charge is 2.29. The monoisotopic (exact) mass is 398 g/mol. The van der Waals surface area contributed by atoms with Crippen LogP contribution >= 0.6 is 0 Å². The molecule has 28 heavy (non-hydrogen) atoms. The van der Waals surface area contributed by atoms with Crippen molar-refractivity contribution in [2.75, 3.05) is 24.4 Å². The van der Waals surface area contributed by atoms with E-state index in [4.69, 9.17) is 0 Å². The Morgan fingerprint density at radius 3 is 2.29 bits per heavy atom. The summed E-state index contributed by atoms with van der Waals surface area (Å²) in [6, 6.07) is 15.1. The summed E-state index contributed by atoms with van der Waals surface area (Å²) in [5, 5.41) is 0. The molecule has 1 atom stereocenters. The van der Waals surface area contributed by atoms with Crippen LogP contribution in [0.1, 0.15) is 56.1 Å². The molecule has 5 heteroatoms. The van der Waals surface area contributed by atoms with E-state index in [1.165, 1.54) is 37.9 Å². The summed E-state index contributed by atoms with van der Waals surface area (Å²) >= 11 is 0. The second-order valence-electron chi connectivity index (χ2n) is 8.64. The fourth-order valence-corrected chi connectivity index (χ4v) is 5.06. The van der Waals surface area contributed by atoms with E-state index in [2.05, 4.69) is 35.6 Å². The van der Waals surface area contributed by atoms with Crippen molar-refractivity contribution in [3.05, 3.63) is 59.7 Å². The standard InChI is InChI=1S/C23H30N2O2S/c1-17(2)19-7-11-23(12-8-19)28(26,27)24-22-9-5-20(6-10-22)21-13-14-25(16-21)15-18-3-4-18/h5-12,17-18,21,24H,3-4,13-16H2,1-2H3/t21-/m1/s1. The van der Waals surface area contributed by atoms with Gasteiger partial charge in [-0.15, -0.1) is 0 Å². The van der Waals surface area contributed by atoms with Crippen molar-refractivity contribution >= 4 is 15.7 Å². The predicted octanol–water partition coefficient (Wildman–Crippen LogP) is 4.81. The summed E-state index contributed by atoms with van der Waals surface area (Å²) in [7, 11) is -3.56. The van der Waals surface area contributed by atoms with Crippen LogP contribution in [0.3, 0.4) is 0 Å². The molecule has 1 saturated carbocycles. The molecular formula is C23H30N2O2S. The Kier molecular flexibility index (Phi) is 5.48. The van der Waals surface area contributed by atoms with Gasteiger partial charge in [0, 0.05) is 18.8 Å². The summed E-state index contributed by atoms with van der Waals surface area (Å²) in [4.78, 5) is 2.88. The Hall–Kier alpha value is -1.85. The summed E-state index contributed by atoms with van der Waals surface area (Å²) in [5.74, 6) is 1.88. The lowest BCUT2D eigenvalue weighted by Gasteiger charge is -2.16. The molecule has 4 nitrogen and oxygen atoms in total. The van der Waals surface area contributed by atoms with Crippen LogP contribution in [-0.2, 0) is 10.0 Å². The maximum Gasteiger partial charge on any atom is 0.261 e. The molecule has 1 saturated heterocycles. The average Bonchev–Trinajstić information content (AvgIpc) is 3.37. The molecule has 2 aliphatic rings. The fraction of sp³-hybridized carbons (Fsp3) is 0.478. The number of likely N-dealkylation sites (tertiary alicyclic amines) is 1. The molecule has 0 unspecified atom stereocenters. The van der Waals surface area contributed by atoms with Crippen LogP contribution < -0.4 is 4.72 Å². The second kappa shape index (κ2) is 7.88. The van der Waals surface area contributed by atoms with Crippen LogP contribution in [0.5, 0.6) is 0 Å². The molecule has 0 spiro atoms. The number of hydrogen-bond acceptors (Lipinski definition) is 3. The van der Waals surface area contributed by atoms with E-state index in [9.17, 15) is 8.42 Å². The van der Waals surface area contributed by atoms with Crippen LogP contribution in [0.25, 0.3) is 0 Å². The molecule has 4 rings (SSSR count). The van der Waals surface area contributed by atoms with Gasteiger partial charge in [-0.05, 0) is 79.0 Å². The molecule has 0 aromatic heterocycles. The molecule has 0 bridgehead atoms. The SMILES string of the molecule is CC(C)c1ccc(S(=O)(=O)Nc2ccc([C@@H]3CCN(CC4CC4)C3)cc2)cc1. The Labute approximate surface area is 169 Å². The van der Waals surface area contributed by atoms with Gasteiger partial charge in [0.2, 0.25) is 0 Å². The van der Waals surface area contributed by atoms with Crippen molar-refractivity contribution < 1.29 is 8.42 Å². The molecule has 1 heterocycles. The minimum absolute atomic E-state index is 0.299. The highest BCUT2D eigenvalue weighted by molar-refractivity contribution is 7.92. The normalized spacial score (nSPS) is 20.6. The zero-order chi connectivity index (χ0) is 19.7. The van der Waals surface area contributed by atoms with Crippen LogP contribution in [0.2, 0.25) is 0 Å². The second-order valence-corrected chi connectivity index (χ2v) is 10.3. The molecule has 1 aliphatic heterocycles. The van der Waals surface area contributed by atoms with Gasteiger partial charge in [0.25, 0.3) is 10.0 Å². The van der Waals surface area contributed by atoms with E-state index in [1.807, 2.05) is 24.3 Å². The first-order valence-corrected chi connectivity index (χ1v) is 11.8. The number of rotatable bonds is 7. The van der Waals surface area contributed by atoms with E-state index in [1.54, 1.807) is 12.1 Å². The molecule has 1 N–H and O–H groups in total. The number of nitrogens with zero attached hydrogens (tertiary/aromatic N) is 1. The van der Waals surface area contributed by atoms with Crippen molar-refractivity contribution in [1.82, 2.24) is 4.90 Å². The molecule has 150 valence electrons. The quantitative estimate of drug-likeness (QED) is 0.728. The number of benzene rings is 2. The first kappa shape index (κ1) is 19.5. The topological polar surface area (TPSA) is 49.4 Å². The summed E-state index contributed by atoms with van der Waals surface area (Å²) in [6.45, 7) is 7.76. The molecule has 1 aliphatic carbocycles. The van der Waals surface area contributed by atoms with Gasteiger partial charge in [-0.3, -0.25) is 4.72 Å². The van der Waals surface area contributed by atoms with Crippen molar-refractivity contribution in [3.8, 4) is 0 Å². The predicted molar refractivity (Wildman–Crippen MR) is 114 cm³/mol. The highest BCUT2D eigenvalue weighted by Crippen LogP contribution is 2.34. The Balaban J connectivity index is 1.39. The minimum atomic E-state index is -3.56. The average molecular weight is 399 g/mol. The first-order chi connectivity index (χ1) is 13.4. The van der Waals surface area contributed by atoms with Crippen LogP contribution in [0.15, 0.2) is 53.4 Å². The van der Waals surface area contributed by atoms with E-state index < -0.39 is 10.0 Å². The summed E-state index contributed by atoms with van der Waals surface area (Å²) in [6.07, 6.45) is 3.99. The number of sulfonamides is 1. The van der Waals surface area contributed by atoms with E-state index in [0.29, 0.717) is 22.4 Å². The van der Waals surface area contributed by atoms with Crippen molar-refractivity contribution in [2.45, 2.75) is 49.8 Å². The summed E-state index contributed by atoms with van der Waals surface area (Å²) in [5.41, 5.74) is 3.06. The summed E-state index contributed by atoms with van der Waals surface area (Å²) < 4.78 is 28.0. The number of hydrogen-bond donors (Lipinski definition) is 1. The van der Waals surface area contributed by atoms with Gasteiger partial charge in [-0.2, -0.15) is 0 Å². The number of anilines is 1. The van der Waals surface area contributed by atoms with Crippen LogP contribution in [0, 0.1) is 5.92 Å².